The highest BCUT2D eigenvalue weighted by molar-refractivity contribution is 7.26. The van der Waals surface area contributed by atoms with Crippen LogP contribution in [0.5, 0.6) is 0 Å². The van der Waals surface area contributed by atoms with Gasteiger partial charge in [-0.15, -0.1) is 45.3 Å². The number of thiazole rings is 1. The van der Waals surface area contributed by atoms with Gasteiger partial charge in [0.25, 0.3) is 0 Å². The van der Waals surface area contributed by atoms with Crippen molar-refractivity contribution in [3.8, 4) is 30.8 Å². The molecule has 0 spiro atoms. The van der Waals surface area contributed by atoms with Crippen molar-refractivity contribution >= 4 is 55.6 Å². The van der Waals surface area contributed by atoms with Crippen molar-refractivity contribution in [3.63, 3.8) is 0 Å². The van der Waals surface area contributed by atoms with E-state index < -0.39 is 0 Å². The first-order valence-electron chi connectivity index (χ1n) is 11.2. The first kappa shape index (κ1) is 21.9. The number of rotatable bonds is 9. The molecule has 0 saturated heterocycles. The van der Waals surface area contributed by atoms with Crippen LogP contribution in [0.2, 0.25) is 0 Å². The second-order valence-corrected chi connectivity index (χ2v) is 12.1. The maximum Gasteiger partial charge on any atom is 0.134 e. The smallest absolute Gasteiger partial charge is 0.134 e. The van der Waals surface area contributed by atoms with Crippen LogP contribution in [-0.2, 0) is 6.42 Å². The lowest BCUT2D eigenvalue weighted by molar-refractivity contribution is 0.452. The summed E-state index contributed by atoms with van der Waals surface area (Å²) in [5, 5.41) is 5.35. The molecule has 0 aliphatic heterocycles. The minimum absolute atomic E-state index is 0.789. The summed E-state index contributed by atoms with van der Waals surface area (Å²) in [5.74, 6) is 0.789. The summed E-state index contributed by atoms with van der Waals surface area (Å²) in [5.41, 5.74) is 3.25. The topological polar surface area (TPSA) is 12.9 Å². The quantitative estimate of drug-likeness (QED) is 0.200. The van der Waals surface area contributed by atoms with Gasteiger partial charge in [0.1, 0.15) is 10.5 Å². The fraction of sp³-hybridized carbons (Fsp3) is 0.296. The van der Waals surface area contributed by atoms with E-state index in [9.17, 15) is 0 Å². The maximum absolute atomic E-state index is 5.16. The maximum atomic E-state index is 5.16. The van der Waals surface area contributed by atoms with Crippen molar-refractivity contribution in [2.45, 2.75) is 46.0 Å². The van der Waals surface area contributed by atoms with Gasteiger partial charge in [0.2, 0.25) is 0 Å². The second-order valence-electron chi connectivity index (χ2n) is 8.04. The number of unbranched alkanes of at least 4 members (excludes halogenated alkanes) is 1. The van der Waals surface area contributed by atoms with Crippen LogP contribution in [0.25, 0.3) is 41.0 Å². The summed E-state index contributed by atoms with van der Waals surface area (Å²) in [7, 11) is 0. The average molecular weight is 492 g/mol. The Kier molecular flexibility index (Phi) is 6.75. The van der Waals surface area contributed by atoms with Crippen LogP contribution in [0, 0.1) is 18.1 Å². The monoisotopic (exact) mass is 491 g/mol. The number of hydrogen-bond donors (Lipinski definition) is 0. The van der Waals surface area contributed by atoms with E-state index in [4.69, 9.17) is 4.98 Å². The van der Waals surface area contributed by atoms with Crippen LogP contribution in [0.4, 0.5) is 0 Å². The van der Waals surface area contributed by atoms with Crippen molar-refractivity contribution in [1.29, 1.82) is 0 Å². The Hall–Kier alpha value is -1.97. The summed E-state index contributed by atoms with van der Waals surface area (Å²) in [6.07, 6.45) is 6.40. The molecular weight excluding hydrogens is 467 g/mol. The van der Waals surface area contributed by atoms with Gasteiger partial charge >= 0.3 is 0 Å². The van der Waals surface area contributed by atoms with Crippen LogP contribution in [0.1, 0.15) is 44.4 Å². The largest absolute Gasteiger partial charge is 0.234 e. The van der Waals surface area contributed by atoms with Crippen molar-refractivity contribution in [3.05, 3.63) is 64.2 Å². The van der Waals surface area contributed by atoms with Gasteiger partial charge in [-0.05, 0) is 47.4 Å². The fourth-order valence-corrected chi connectivity index (χ4v) is 7.82. The van der Waals surface area contributed by atoms with Gasteiger partial charge in [-0.1, -0.05) is 63.8 Å². The van der Waals surface area contributed by atoms with E-state index in [0.29, 0.717) is 0 Å². The molecule has 5 aromatic rings. The van der Waals surface area contributed by atoms with E-state index in [1.54, 1.807) is 34.0 Å². The third kappa shape index (κ3) is 4.43. The number of aromatic nitrogens is 1. The highest BCUT2D eigenvalue weighted by Gasteiger charge is 2.18. The Bertz CT molecular complexity index is 1200. The molecular formula is C27H25NS4. The summed E-state index contributed by atoms with van der Waals surface area (Å²) < 4.78 is 1.22. The van der Waals surface area contributed by atoms with Gasteiger partial charge in [-0.3, -0.25) is 0 Å². The molecule has 0 N–H and O–H groups in total. The zero-order valence-electron chi connectivity index (χ0n) is 18.3. The standard InChI is InChI=1S/C27H25NS4/c1-3-5-8-18(4-2)17-19-11-14-24(31-19)27-28-25-20(22-9-6-15-29-22)12-13-21(26(25)32-27)23-10-7-16-30-23/h6-7,9-11,14-16,18H,3-5,8,17H2,1-2H3. The molecule has 4 aromatic heterocycles. The first-order valence-corrected chi connectivity index (χ1v) is 14.6. The zero-order chi connectivity index (χ0) is 21.9. The van der Waals surface area contributed by atoms with Crippen molar-refractivity contribution < 1.29 is 0 Å². The highest BCUT2D eigenvalue weighted by atomic mass is 32.1. The molecule has 0 radical (unpaired) electrons. The molecule has 0 aliphatic carbocycles. The first-order chi connectivity index (χ1) is 15.8. The van der Waals surface area contributed by atoms with E-state index in [2.05, 4.69) is 73.1 Å². The molecule has 0 saturated carbocycles. The Morgan fingerprint density at radius 3 is 2.31 bits per heavy atom. The molecule has 1 atom stereocenters. The van der Waals surface area contributed by atoms with Crippen LogP contribution >= 0.6 is 45.3 Å². The van der Waals surface area contributed by atoms with E-state index in [-0.39, 0.29) is 0 Å². The van der Waals surface area contributed by atoms with E-state index >= 15 is 0 Å². The summed E-state index contributed by atoms with van der Waals surface area (Å²) in [6.45, 7) is 4.61. The summed E-state index contributed by atoms with van der Waals surface area (Å²) >= 11 is 7.21. The lowest BCUT2D eigenvalue weighted by atomic mass is 9.95. The molecule has 5 rings (SSSR count). The van der Waals surface area contributed by atoms with Crippen LogP contribution < -0.4 is 0 Å². The zero-order valence-corrected chi connectivity index (χ0v) is 21.6. The third-order valence-electron chi connectivity index (χ3n) is 5.84. The number of thiophene rings is 3. The van der Waals surface area contributed by atoms with Crippen LogP contribution in [-0.4, -0.2) is 4.98 Å². The van der Waals surface area contributed by atoms with Gasteiger partial charge in [-0.25, -0.2) is 4.98 Å². The summed E-state index contributed by atoms with van der Waals surface area (Å²) in [4.78, 5) is 10.4. The molecule has 0 fully saturated rings. The van der Waals surface area contributed by atoms with Gasteiger partial charge in [-0.2, -0.15) is 0 Å². The molecule has 32 heavy (non-hydrogen) atoms. The Morgan fingerprint density at radius 1 is 0.875 bits per heavy atom. The number of fused-ring (bicyclic) bond motifs is 1. The van der Waals surface area contributed by atoms with Crippen molar-refractivity contribution in [2.75, 3.05) is 0 Å². The Balaban J connectivity index is 1.53. The molecule has 1 aromatic carbocycles. The van der Waals surface area contributed by atoms with Gasteiger partial charge in [0.05, 0.1) is 20.7 Å². The lowest BCUT2D eigenvalue weighted by Crippen LogP contribution is -2.01. The lowest BCUT2D eigenvalue weighted by Gasteiger charge is -2.12. The van der Waals surface area contributed by atoms with Gasteiger partial charge in [0.15, 0.2) is 0 Å². The number of hydrogen-bond acceptors (Lipinski definition) is 5. The van der Waals surface area contributed by atoms with E-state index in [1.165, 1.54) is 56.3 Å². The van der Waals surface area contributed by atoms with Crippen molar-refractivity contribution in [2.24, 2.45) is 5.92 Å². The predicted octanol–water partition coefficient (Wildman–Crippen LogP) is 9.84. The minimum Gasteiger partial charge on any atom is -0.234 e. The molecule has 1 unspecified atom stereocenters. The van der Waals surface area contributed by atoms with Crippen LogP contribution in [0.15, 0.2) is 47.2 Å². The van der Waals surface area contributed by atoms with E-state index in [0.717, 1.165) is 27.6 Å². The molecule has 162 valence electrons. The Morgan fingerprint density at radius 2 is 1.62 bits per heavy atom. The second kappa shape index (κ2) is 9.89. The minimum atomic E-state index is 0.789. The van der Waals surface area contributed by atoms with E-state index in [1.807, 2.05) is 11.3 Å². The van der Waals surface area contributed by atoms with Gasteiger partial charge in [0, 0.05) is 14.6 Å². The molecule has 1 nitrogen and oxygen atoms in total. The molecule has 0 amide bonds. The summed E-state index contributed by atoms with van der Waals surface area (Å²) in [6, 6.07) is 20.0. The number of nitrogens with zero attached hydrogens (tertiary/aromatic N) is 1. The van der Waals surface area contributed by atoms with Crippen molar-refractivity contribution in [1.82, 2.24) is 4.98 Å². The predicted molar refractivity (Wildman–Crippen MR) is 144 cm³/mol. The van der Waals surface area contributed by atoms with Gasteiger partial charge < -0.3 is 0 Å². The molecule has 4 heterocycles. The SMILES string of the molecule is CCCCC(CC)Cc1ccc(-c2nc3c(-c4cccs4)c#cc(-c4cccs4)c3s2)s1. The van der Waals surface area contributed by atoms with Crippen LogP contribution in [0.3, 0.4) is 0 Å². The highest BCUT2D eigenvalue weighted by Crippen LogP contribution is 2.43. The Labute approximate surface area is 206 Å². The average Bonchev–Trinajstić information content (AvgIpc) is 3.62. The molecule has 0 aliphatic rings. The fourth-order valence-electron chi connectivity index (χ4n) is 4.03. The molecule has 5 heteroatoms. The third-order valence-corrected chi connectivity index (χ3v) is 9.97. The molecule has 0 bridgehead atoms. The normalized spacial score (nSPS) is 12.3.